The summed E-state index contributed by atoms with van der Waals surface area (Å²) in [5, 5.41) is 10.0. The topological polar surface area (TPSA) is 91.3 Å². The third-order valence-corrected chi connectivity index (χ3v) is 6.63. The molecule has 1 aliphatic carbocycles. The average molecular weight is 440 g/mol. The monoisotopic (exact) mass is 440 g/mol. The molecule has 1 heterocycles. The number of aliphatic carboxylic acids is 1. The Hall–Kier alpha value is -3.22. The second-order valence-electron chi connectivity index (χ2n) is 8.30. The normalized spacial score (nSPS) is 17.0. The van der Waals surface area contributed by atoms with E-state index in [9.17, 15) is 14.7 Å². The van der Waals surface area contributed by atoms with Gasteiger partial charge in [-0.1, -0.05) is 31.9 Å². The lowest BCUT2D eigenvalue weighted by Gasteiger charge is -2.44. The Morgan fingerprint density at radius 2 is 1.84 bits per heavy atom. The van der Waals surface area contributed by atoms with Crippen molar-refractivity contribution in [3.05, 3.63) is 41.5 Å². The number of cyclic esters (lactones) is 1. The maximum absolute atomic E-state index is 12.2. The second-order valence-corrected chi connectivity index (χ2v) is 8.30. The predicted octanol–water partition coefficient (Wildman–Crippen LogP) is 4.84. The smallest absolute Gasteiger partial charge is 0.338 e. The molecule has 1 N–H and O–H groups in total. The quantitative estimate of drug-likeness (QED) is 0.558. The third kappa shape index (κ3) is 3.45. The zero-order chi connectivity index (χ0) is 22.9. The lowest BCUT2D eigenvalue weighted by Crippen LogP contribution is -2.50. The fourth-order valence-electron chi connectivity index (χ4n) is 4.71. The van der Waals surface area contributed by atoms with E-state index >= 15 is 0 Å². The summed E-state index contributed by atoms with van der Waals surface area (Å²) in [6.07, 6.45) is 2.89. The number of fused-ring (bicyclic) bond motifs is 1. The molecule has 0 bridgehead atoms. The van der Waals surface area contributed by atoms with E-state index < -0.39 is 17.5 Å². The van der Waals surface area contributed by atoms with Crippen LogP contribution >= 0.6 is 0 Å². The molecule has 4 rings (SSSR count). The minimum Gasteiger partial charge on any atom is -0.493 e. The van der Waals surface area contributed by atoms with Gasteiger partial charge in [-0.05, 0) is 43.0 Å². The van der Waals surface area contributed by atoms with Crippen LogP contribution in [0.25, 0.3) is 11.1 Å². The molecule has 2 aromatic carbocycles. The van der Waals surface area contributed by atoms with Crippen molar-refractivity contribution in [3.63, 3.8) is 0 Å². The maximum Gasteiger partial charge on any atom is 0.338 e. The number of carbonyl (C=O) groups excluding carboxylic acids is 1. The van der Waals surface area contributed by atoms with E-state index in [1.54, 1.807) is 25.3 Å². The molecule has 2 aromatic rings. The lowest BCUT2D eigenvalue weighted by atomic mass is 9.64. The number of carboxylic acids is 1. The van der Waals surface area contributed by atoms with E-state index in [0.29, 0.717) is 47.6 Å². The summed E-state index contributed by atoms with van der Waals surface area (Å²) in [5.41, 5.74) is 1.88. The molecular weight excluding hydrogens is 412 g/mol. The third-order valence-electron chi connectivity index (χ3n) is 6.63. The molecule has 1 unspecified atom stereocenters. The summed E-state index contributed by atoms with van der Waals surface area (Å²) in [6, 6.07) is 9.08. The van der Waals surface area contributed by atoms with Crippen molar-refractivity contribution in [2.75, 3.05) is 14.2 Å². The molecule has 7 heteroatoms. The summed E-state index contributed by atoms with van der Waals surface area (Å²) >= 11 is 0. The number of carbonyl (C=O) groups is 2. The van der Waals surface area contributed by atoms with Gasteiger partial charge in [-0.3, -0.25) is 4.79 Å². The first-order valence-corrected chi connectivity index (χ1v) is 10.9. The summed E-state index contributed by atoms with van der Waals surface area (Å²) in [5.74, 6) is 0.122. The first kappa shape index (κ1) is 22.0. The Morgan fingerprint density at radius 1 is 1.09 bits per heavy atom. The molecule has 0 amide bonds. The van der Waals surface area contributed by atoms with Crippen molar-refractivity contribution in [3.8, 4) is 28.4 Å². The Labute approximate surface area is 187 Å². The van der Waals surface area contributed by atoms with Gasteiger partial charge in [-0.25, -0.2) is 4.79 Å². The highest BCUT2D eigenvalue weighted by molar-refractivity contribution is 5.96. The van der Waals surface area contributed by atoms with Crippen LogP contribution < -0.4 is 14.2 Å². The minimum absolute atomic E-state index is 0.176. The van der Waals surface area contributed by atoms with E-state index in [2.05, 4.69) is 0 Å². The van der Waals surface area contributed by atoms with Crippen LogP contribution in [-0.2, 0) is 16.1 Å². The molecule has 0 radical (unpaired) electrons. The van der Waals surface area contributed by atoms with Gasteiger partial charge in [0.25, 0.3) is 0 Å². The number of esters is 1. The number of benzene rings is 2. The number of hydrogen-bond acceptors (Lipinski definition) is 6. The average Bonchev–Trinajstić information content (AvgIpc) is 3.13. The van der Waals surface area contributed by atoms with Gasteiger partial charge in [0, 0.05) is 11.1 Å². The van der Waals surface area contributed by atoms with Crippen molar-refractivity contribution in [1.29, 1.82) is 0 Å². The van der Waals surface area contributed by atoms with Crippen LogP contribution in [0.1, 0.15) is 54.9 Å². The van der Waals surface area contributed by atoms with Gasteiger partial charge in [0.1, 0.15) is 18.1 Å². The van der Waals surface area contributed by atoms with Crippen molar-refractivity contribution in [2.24, 2.45) is 5.41 Å². The molecule has 7 nitrogen and oxygen atoms in total. The van der Waals surface area contributed by atoms with Crippen LogP contribution in [0.4, 0.5) is 0 Å². The molecule has 2 aliphatic rings. The molecule has 1 atom stereocenters. The molecule has 1 aliphatic heterocycles. The molecule has 1 saturated carbocycles. The van der Waals surface area contributed by atoms with Crippen molar-refractivity contribution in [2.45, 2.75) is 51.7 Å². The highest BCUT2D eigenvalue weighted by atomic mass is 16.5. The van der Waals surface area contributed by atoms with E-state index in [-0.39, 0.29) is 12.6 Å². The minimum atomic E-state index is -0.918. The van der Waals surface area contributed by atoms with Crippen LogP contribution in [0.15, 0.2) is 30.3 Å². The number of ether oxygens (including phenoxy) is 4. The maximum atomic E-state index is 12.2. The molecule has 170 valence electrons. The fraction of sp³-hybridized carbons (Fsp3) is 0.440. The van der Waals surface area contributed by atoms with Crippen molar-refractivity contribution < 1.29 is 33.6 Å². The first-order valence-electron chi connectivity index (χ1n) is 10.9. The predicted molar refractivity (Wildman–Crippen MR) is 117 cm³/mol. The molecular formula is C25H28O7. The summed E-state index contributed by atoms with van der Waals surface area (Å²) in [4.78, 5) is 24.4. The summed E-state index contributed by atoms with van der Waals surface area (Å²) in [7, 11) is 3.07. The van der Waals surface area contributed by atoms with Crippen LogP contribution in [0.5, 0.6) is 17.2 Å². The standard InChI is InChI=1S/C25H28O7/c1-4-7-20(25(24(27)28)12-6-13-25)32-21-16(10-11-19(29-2)22(21)30-3)15-8-5-9-17-18(15)14-31-23(17)26/h5,8-11,20H,4,6-7,12-14H2,1-3H3,(H,27,28). The van der Waals surface area contributed by atoms with Crippen molar-refractivity contribution in [1.82, 2.24) is 0 Å². The molecule has 0 aromatic heterocycles. The van der Waals surface area contributed by atoms with Crippen LogP contribution in [0, 0.1) is 5.41 Å². The zero-order valence-electron chi connectivity index (χ0n) is 18.6. The first-order chi connectivity index (χ1) is 15.5. The molecule has 0 saturated heterocycles. The van der Waals surface area contributed by atoms with Gasteiger partial charge in [-0.15, -0.1) is 0 Å². The molecule has 0 spiro atoms. The Kier molecular flexibility index (Phi) is 6.00. The van der Waals surface area contributed by atoms with Crippen LogP contribution in [-0.4, -0.2) is 37.4 Å². The van der Waals surface area contributed by atoms with Gasteiger partial charge in [-0.2, -0.15) is 0 Å². The zero-order valence-corrected chi connectivity index (χ0v) is 18.6. The van der Waals surface area contributed by atoms with Gasteiger partial charge < -0.3 is 24.1 Å². The fourth-order valence-corrected chi connectivity index (χ4v) is 4.71. The van der Waals surface area contributed by atoms with E-state index in [1.807, 2.05) is 19.1 Å². The molecule has 1 fully saturated rings. The van der Waals surface area contributed by atoms with E-state index in [1.165, 1.54) is 7.11 Å². The van der Waals surface area contributed by atoms with Gasteiger partial charge in [0.15, 0.2) is 11.5 Å². The molecule has 32 heavy (non-hydrogen) atoms. The van der Waals surface area contributed by atoms with Crippen LogP contribution in [0.3, 0.4) is 0 Å². The van der Waals surface area contributed by atoms with Gasteiger partial charge in [0.05, 0.1) is 19.8 Å². The largest absolute Gasteiger partial charge is 0.493 e. The summed E-state index contributed by atoms with van der Waals surface area (Å²) in [6.45, 7) is 2.19. The van der Waals surface area contributed by atoms with E-state index in [0.717, 1.165) is 24.0 Å². The Bertz CT molecular complexity index is 1040. The van der Waals surface area contributed by atoms with Crippen LogP contribution in [0.2, 0.25) is 0 Å². The summed E-state index contributed by atoms with van der Waals surface area (Å²) < 4.78 is 23.0. The number of hydrogen-bond donors (Lipinski definition) is 1. The number of carboxylic acid groups (broad SMARTS) is 1. The van der Waals surface area contributed by atoms with Gasteiger partial charge >= 0.3 is 11.9 Å². The van der Waals surface area contributed by atoms with Crippen molar-refractivity contribution >= 4 is 11.9 Å². The lowest BCUT2D eigenvalue weighted by molar-refractivity contribution is -0.164. The van der Waals surface area contributed by atoms with Gasteiger partial charge in [0.2, 0.25) is 5.75 Å². The number of rotatable bonds is 9. The second kappa shape index (κ2) is 8.73. The SMILES string of the molecule is CCCC(Oc1c(-c2cccc3c2COC3=O)ccc(OC)c1OC)C1(C(=O)O)CCC1. The van der Waals surface area contributed by atoms with E-state index in [4.69, 9.17) is 18.9 Å². The highest BCUT2D eigenvalue weighted by Crippen LogP contribution is 2.51. The number of methoxy groups -OCH3 is 2. The highest BCUT2D eigenvalue weighted by Gasteiger charge is 2.52. The Balaban J connectivity index is 1.87. The Morgan fingerprint density at radius 3 is 2.44 bits per heavy atom.